The largest absolute Gasteiger partial charge is 0.481 e. The van der Waals surface area contributed by atoms with Crippen LogP contribution in [0.4, 0.5) is 0 Å². The number of hydrogen-bond donors (Lipinski definition) is 1. The van der Waals surface area contributed by atoms with E-state index < -0.39 is 0 Å². The molecule has 0 aliphatic carbocycles. The summed E-state index contributed by atoms with van der Waals surface area (Å²) in [7, 11) is 3.56. The zero-order chi connectivity index (χ0) is 15.2. The first-order chi connectivity index (χ1) is 10.1. The van der Waals surface area contributed by atoms with Gasteiger partial charge in [-0.05, 0) is 37.1 Å². The smallest absolute Gasteiger partial charge is 0.212 e. The maximum atomic E-state index is 6.25. The molecule has 0 aliphatic rings. The average Bonchev–Trinajstić information content (AvgIpc) is 2.51. The van der Waals surface area contributed by atoms with Gasteiger partial charge in [-0.2, -0.15) is 0 Å². The molecule has 0 radical (unpaired) electrons. The van der Waals surface area contributed by atoms with Crippen LogP contribution in [0.2, 0.25) is 10.0 Å². The van der Waals surface area contributed by atoms with Crippen LogP contribution in [0.3, 0.4) is 0 Å². The topological polar surface area (TPSA) is 34.1 Å². The van der Waals surface area contributed by atoms with Gasteiger partial charge in [0.15, 0.2) is 0 Å². The molecule has 0 saturated heterocycles. The molecule has 2 aromatic rings. The maximum absolute atomic E-state index is 6.25. The third-order valence-electron chi connectivity index (χ3n) is 3.39. The van der Waals surface area contributed by atoms with Gasteiger partial charge in [0.1, 0.15) is 0 Å². The van der Waals surface area contributed by atoms with Crippen molar-refractivity contribution in [2.45, 2.75) is 18.9 Å². The third kappa shape index (κ3) is 4.34. The highest BCUT2D eigenvalue weighted by atomic mass is 35.5. The van der Waals surface area contributed by atoms with Crippen LogP contribution in [-0.4, -0.2) is 25.2 Å². The minimum Gasteiger partial charge on any atom is -0.481 e. The van der Waals surface area contributed by atoms with Crippen LogP contribution in [0.25, 0.3) is 0 Å². The molecule has 1 aromatic heterocycles. The van der Waals surface area contributed by atoms with E-state index in [1.807, 2.05) is 37.5 Å². The van der Waals surface area contributed by atoms with Crippen molar-refractivity contribution in [3.63, 3.8) is 0 Å². The van der Waals surface area contributed by atoms with E-state index in [-0.39, 0.29) is 6.04 Å². The highest BCUT2D eigenvalue weighted by molar-refractivity contribution is 6.42. The Labute approximate surface area is 135 Å². The van der Waals surface area contributed by atoms with Crippen LogP contribution in [-0.2, 0) is 12.8 Å². The van der Waals surface area contributed by atoms with Crippen LogP contribution < -0.4 is 10.1 Å². The normalized spacial score (nSPS) is 12.2. The van der Waals surface area contributed by atoms with E-state index >= 15 is 0 Å². The minimum absolute atomic E-state index is 0.260. The van der Waals surface area contributed by atoms with Gasteiger partial charge in [-0.15, -0.1) is 0 Å². The number of likely N-dealkylation sites (N-methyl/N-ethyl adjacent to an activating group) is 1. The number of methoxy groups -OCH3 is 1. The Bertz CT molecular complexity index is 587. The van der Waals surface area contributed by atoms with E-state index in [1.165, 1.54) is 0 Å². The van der Waals surface area contributed by atoms with E-state index in [0.29, 0.717) is 15.9 Å². The molecule has 0 fully saturated rings. The summed E-state index contributed by atoms with van der Waals surface area (Å²) in [5.74, 6) is 0.623. The Morgan fingerprint density at radius 2 is 2.00 bits per heavy atom. The molecule has 0 bridgehead atoms. The fourth-order valence-corrected chi connectivity index (χ4v) is 2.58. The molecule has 0 amide bonds. The number of aromatic nitrogens is 1. The number of pyridine rings is 1. The lowest BCUT2D eigenvalue weighted by Crippen LogP contribution is -2.30. The quantitative estimate of drug-likeness (QED) is 0.878. The first-order valence-electron chi connectivity index (χ1n) is 6.73. The van der Waals surface area contributed by atoms with Gasteiger partial charge in [-0.1, -0.05) is 41.4 Å². The summed E-state index contributed by atoms with van der Waals surface area (Å²) in [6.07, 6.45) is 3.50. The summed E-state index contributed by atoms with van der Waals surface area (Å²) in [6, 6.07) is 9.88. The molecule has 1 unspecified atom stereocenters. The Kier molecular flexibility index (Phi) is 5.85. The Hall–Kier alpha value is -1.29. The number of benzene rings is 1. The molecular weight excluding hydrogens is 307 g/mol. The number of ether oxygens (including phenoxy) is 1. The second kappa shape index (κ2) is 7.64. The van der Waals surface area contributed by atoms with E-state index in [1.54, 1.807) is 13.2 Å². The van der Waals surface area contributed by atoms with Crippen molar-refractivity contribution < 1.29 is 4.74 Å². The van der Waals surface area contributed by atoms with E-state index in [9.17, 15) is 0 Å². The summed E-state index contributed by atoms with van der Waals surface area (Å²) in [6.45, 7) is 0. The van der Waals surface area contributed by atoms with Crippen LogP contribution in [0.15, 0.2) is 36.5 Å². The molecule has 21 heavy (non-hydrogen) atoms. The Balaban J connectivity index is 2.07. The third-order valence-corrected chi connectivity index (χ3v) is 4.25. The first-order valence-corrected chi connectivity index (χ1v) is 7.48. The van der Waals surface area contributed by atoms with Gasteiger partial charge in [0.05, 0.1) is 17.2 Å². The van der Waals surface area contributed by atoms with Crippen LogP contribution in [0.1, 0.15) is 11.1 Å². The molecule has 1 N–H and O–H groups in total. The second-order valence-electron chi connectivity index (χ2n) is 4.82. The summed E-state index contributed by atoms with van der Waals surface area (Å²) in [4.78, 5) is 4.23. The molecule has 0 saturated carbocycles. The second-order valence-corrected chi connectivity index (χ2v) is 5.60. The zero-order valence-electron chi connectivity index (χ0n) is 12.1. The number of rotatable bonds is 6. The first kappa shape index (κ1) is 16.1. The number of nitrogens with one attached hydrogen (secondary N) is 1. The zero-order valence-corrected chi connectivity index (χ0v) is 13.6. The van der Waals surface area contributed by atoms with Crippen LogP contribution >= 0.6 is 23.2 Å². The van der Waals surface area contributed by atoms with Crippen molar-refractivity contribution in [3.05, 3.63) is 57.7 Å². The van der Waals surface area contributed by atoms with Crippen molar-refractivity contribution in [1.29, 1.82) is 0 Å². The molecule has 1 aromatic carbocycles. The molecule has 0 spiro atoms. The van der Waals surface area contributed by atoms with Crippen molar-refractivity contribution >= 4 is 23.2 Å². The lowest BCUT2D eigenvalue weighted by atomic mass is 10.00. The van der Waals surface area contributed by atoms with Crippen LogP contribution in [0.5, 0.6) is 5.88 Å². The summed E-state index contributed by atoms with van der Waals surface area (Å²) in [5.41, 5.74) is 2.19. The predicted octanol–water partition coefficient (Wildman–Crippen LogP) is 3.77. The SMILES string of the molecule is CNC(Cc1ccc(OC)nc1)Cc1cccc(Cl)c1Cl. The highest BCUT2D eigenvalue weighted by Gasteiger charge is 2.12. The van der Waals surface area contributed by atoms with E-state index in [0.717, 1.165) is 24.0 Å². The van der Waals surface area contributed by atoms with Gasteiger partial charge in [-0.25, -0.2) is 4.98 Å². The minimum atomic E-state index is 0.260. The Morgan fingerprint density at radius 1 is 1.19 bits per heavy atom. The molecule has 3 nitrogen and oxygen atoms in total. The molecule has 1 heterocycles. The van der Waals surface area contributed by atoms with Crippen molar-refractivity contribution in [2.75, 3.05) is 14.2 Å². The molecule has 5 heteroatoms. The van der Waals surface area contributed by atoms with Crippen LogP contribution in [0, 0.1) is 0 Å². The molecule has 2 rings (SSSR count). The van der Waals surface area contributed by atoms with Gasteiger partial charge in [-0.3, -0.25) is 0 Å². The lowest BCUT2D eigenvalue weighted by Gasteiger charge is -2.17. The molecule has 0 aliphatic heterocycles. The van der Waals surface area contributed by atoms with Crippen molar-refractivity contribution in [3.8, 4) is 5.88 Å². The van der Waals surface area contributed by atoms with Gasteiger partial charge >= 0.3 is 0 Å². The predicted molar refractivity (Wildman–Crippen MR) is 87.5 cm³/mol. The highest BCUT2D eigenvalue weighted by Crippen LogP contribution is 2.26. The summed E-state index contributed by atoms with van der Waals surface area (Å²) >= 11 is 12.3. The van der Waals surface area contributed by atoms with Crippen molar-refractivity contribution in [1.82, 2.24) is 10.3 Å². The van der Waals surface area contributed by atoms with Gasteiger partial charge in [0.25, 0.3) is 0 Å². The fourth-order valence-electron chi connectivity index (χ4n) is 2.18. The number of halogens is 2. The number of hydrogen-bond acceptors (Lipinski definition) is 3. The van der Waals surface area contributed by atoms with E-state index in [4.69, 9.17) is 27.9 Å². The maximum Gasteiger partial charge on any atom is 0.212 e. The van der Waals surface area contributed by atoms with Gasteiger partial charge < -0.3 is 10.1 Å². The summed E-state index contributed by atoms with van der Waals surface area (Å²) < 4.78 is 5.07. The Morgan fingerprint density at radius 3 is 2.62 bits per heavy atom. The van der Waals surface area contributed by atoms with E-state index in [2.05, 4.69) is 10.3 Å². The van der Waals surface area contributed by atoms with Gasteiger partial charge in [0, 0.05) is 18.3 Å². The summed E-state index contributed by atoms with van der Waals surface area (Å²) in [5, 5.41) is 4.54. The molecule has 1 atom stereocenters. The lowest BCUT2D eigenvalue weighted by molar-refractivity contribution is 0.397. The standard InChI is InChI=1S/C16H18Cl2N2O/c1-19-13(8-11-6-7-15(21-2)20-10-11)9-12-4-3-5-14(17)16(12)18/h3-7,10,13,19H,8-9H2,1-2H3. The monoisotopic (exact) mass is 324 g/mol. The molecular formula is C16H18Cl2N2O. The number of nitrogens with zero attached hydrogens (tertiary/aromatic N) is 1. The van der Waals surface area contributed by atoms with Gasteiger partial charge in [0.2, 0.25) is 5.88 Å². The fraction of sp³-hybridized carbons (Fsp3) is 0.312. The molecule has 112 valence electrons. The van der Waals surface area contributed by atoms with Crippen molar-refractivity contribution in [2.24, 2.45) is 0 Å². The average molecular weight is 325 g/mol.